The summed E-state index contributed by atoms with van der Waals surface area (Å²) in [6.45, 7) is 3.97. The maximum atomic E-state index is 5.40. The van der Waals surface area contributed by atoms with Crippen LogP contribution in [0.3, 0.4) is 0 Å². The minimum absolute atomic E-state index is 0.101. The summed E-state index contributed by atoms with van der Waals surface area (Å²) in [5.74, 6) is 0.883. The van der Waals surface area contributed by atoms with Gasteiger partial charge in [0.05, 0.1) is 25.2 Å². The lowest BCUT2D eigenvalue weighted by atomic mass is 9.96. The Kier molecular flexibility index (Phi) is 4.13. The Morgan fingerprint density at radius 3 is 3.04 bits per heavy atom. The first-order valence-electron chi connectivity index (χ1n) is 9.56. The molecule has 4 heterocycles. The van der Waals surface area contributed by atoms with E-state index in [4.69, 9.17) is 4.74 Å². The highest BCUT2D eigenvalue weighted by molar-refractivity contribution is 5.85. The largest absolute Gasteiger partial charge is 0.497 e. The highest BCUT2D eigenvalue weighted by atomic mass is 16.5. The number of ether oxygens (including phenoxy) is 1. The zero-order valence-electron chi connectivity index (χ0n) is 16.1. The summed E-state index contributed by atoms with van der Waals surface area (Å²) >= 11 is 0. The third kappa shape index (κ3) is 2.77. The van der Waals surface area contributed by atoms with Gasteiger partial charge in [0.2, 0.25) is 0 Å². The first-order valence-corrected chi connectivity index (χ1v) is 9.56. The van der Waals surface area contributed by atoms with E-state index < -0.39 is 0 Å². The van der Waals surface area contributed by atoms with Gasteiger partial charge in [-0.05, 0) is 42.3 Å². The van der Waals surface area contributed by atoms with Gasteiger partial charge >= 0.3 is 0 Å². The zero-order chi connectivity index (χ0) is 19.1. The van der Waals surface area contributed by atoms with E-state index in [2.05, 4.69) is 50.0 Å². The van der Waals surface area contributed by atoms with Crippen molar-refractivity contribution in [3.05, 3.63) is 77.3 Å². The quantitative estimate of drug-likeness (QED) is 0.572. The van der Waals surface area contributed by atoms with Crippen molar-refractivity contribution in [2.24, 2.45) is 0 Å². The number of H-pyrrole nitrogens is 2. The summed E-state index contributed by atoms with van der Waals surface area (Å²) in [6.07, 6.45) is 6.54. The Balaban J connectivity index is 1.54. The van der Waals surface area contributed by atoms with E-state index in [1.54, 1.807) is 13.4 Å². The first-order chi connectivity index (χ1) is 13.7. The van der Waals surface area contributed by atoms with Crippen LogP contribution in [0.2, 0.25) is 0 Å². The molecule has 0 spiro atoms. The molecule has 1 atom stereocenters. The molecule has 28 heavy (non-hydrogen) atoms. The van der Waals surface area contributed by atoms with Crippen LogP contribution in [0.15, 0.2) is 49.1 Å². The molecule has 2 N–H and O–H groups in total. The van der Waals surface area contributed by atoms with E-state index in [-0.39, 0.29) is 6.04 Å². The summed E-state index contributed by atoms with van der Waals surface area (Å²) < 4.78 is 5.40. The van der Waals surface area contributed by atoms with Crippen LogP contribution in [0.1, 0.15) is 34.3 Å². The number of imidazole rings is 1. The lowest BCUT2D eigenvalue weighted by Crippen LogP contribution is -2.36. The Morgan fingerprint density at radius 2 is 2.21 bits per heavy atom. The lowest BCUT2D eigenvalue weighted by Gasteiger charge is -2.35. The van der Waals surface area contributed by atoms with Crippen LogP contribution < -0.4 is 4.74 Å². The number of nitrogens with zero attached hydrogens (tertiary/aromatic N) is 3. The standard InChI is InChI=1S/C22H23N5O/c1-14-17-10-16(28-2)5-6-18(17)26-20(14)12-27-9-7-19-21(25-13-24-19)22(27)15-4-3-8-23-11-15/h3-6,8,10-11,13,22,26H,7,9,12H2,1-2H3,(H,24,25)/t22-/m0/s1. The fraction of sp³-hybridized carbons (Fsp3) is 0.273. The zero-order valence-corrected chi connectivity index (χ0v) is 16.1. The molecule has 0 bridgehead atoms. The maximum absolute atomic E-state index is 5.40. The maximum Gasteiger partial charge on any atom is 0.119 e. The van der Waals surface area contributed by atoms with Gasteiger partial charge in [0.1, 0.15) is 5.75 Å². The SMILES string of the molecule is COc1ccc2[nH]c(CN3CCc4[nH]cnc4[C@@H]3c3cccnc3)c(C)c2c1. The van der Waals surface area contributed by atoms with Gasteiger partial charge in [-0.3, -0.25) is 9.88 Å². The van der Waals surface area contributed by atoms with Gasteiger partial charge in [-0.1, -0.05) is 6.07 Å². The molecular formula is C22H23N5O. The molecule has 5 rings (SSSR count). The lowest BCUT2D eigenvalue weighted by molar-refractivity contribution is 0.198. The molecule has 1 aliphatic heterocycles. The molecule has 0 aliphatic carbocycles. The Morgan fingerprint density at radius 1 is 1.29 bits per heavy atom. The molecule has 1 aromatic carbocycles. The van der Waals surface area contributed by atoms with Gasteiger partial charge in [-0.2, -0.15) is 0 Å². The van der Waals surface area contributed by atoms with Crippen molar-refractivity contribution in [2.75, 3.05) is 13.7 Å². The summed E-state index contributed by atoms with van der Waals surface area (Å²) in [6, 6.07) is 10.4. The monoisotopic (exact) mass is 373 g/mol. The van der Waals surface area contributed by atoms with Crippen molar-refractivity contribution in [1.82, 2.24) is 24.8 Å². The van der Waals surface area contributed by atoms with Crippen LogP contribution in [0, 0.1) is 6.92 Å². The van der Waals surface area contributed by atoms with Gasteiger partial charge < -0.3 is 14.7 Å². The molecule has 0 saturated heterocycles. The van der Waals surface area contributed by atoms with Gasteiger partial charge in [-0.25, -0.2) is 4.98 Å². The number of hydrogen-bond donors (Lipinski definition) is 2. The molecule has 6 heteroatoms. The highest BCUT2D eigenvalue weighted by Gasteiger charge is 2.31. The molecule has 6 nitrogen and oxygen atoms in total. The van der Waals surface area contributed by atoms with Gasteiger partial charge in [0.25, 0.3) is 0 Å². The fourth-order valence-electron chi connectivity index (χ4n) is 4.25. The summed E-state index contributed by atoms with van der Waals surface area (Å²) in [7, 11) is 1.71. The summed E-state index contributed by atoms with van der Waals surface area (Å²) in [5.41, 5.74) is 7.15. The topological polar surface area (TPSA) is 69.8 Å². The van der Waals surface area contributed by atoms with Crippen LogP contribution in [0.25, 0.3) is 10.9 Å². The molecule has 0 unspecified atom stereocenters. The number of methoxy groups -OCH3 is 1. The Bertz CT molecular complexity index is 1110. The third-order valence-corrected chi connectivity index (χ3v) is 5.76. The van der Waals surface area contributed by atoms with Crippen molar-refractivity contribution < 1.29 is 4.74 Å². The molecule has 4 aromatic rings. The van der Waals surface area contributed by atoms with Gasteiger partial charge in [0.15, 0.2) is 0 Å². The highest BCUT2D eigenvalue weighted by Crippen LogP contribution is 2.35. The molecule has 3 aromatic heterocycles. The van der Waals surface area contributed by atoms with Crippen LogP contribution in [-0.2, 0) is 13.0 Å². The number of aromatic amines is 2. The Labute approximate surface area is 163 Å². The molecule has 1 aliphatic rings. The first kappa shape index (κ1) is 17.0. The summed E-state index contributed by atoms with van der Waals surface area (Å²) in [5, 5.41) is 1.21. The number of rotatable bonds is 4. The van der Waals surface area contributed by atoms with E-state index in [9.17, 15) is 0 Å². The molecular weight excluding hydrogens is 350 g/mol. The van der Waals surface area contributed by atoms with E-state index in [1.807, 2.05) is 24.5 Å². The molecule has 0 radical (unpaired) electrons. The second-order valence-corrected chi connectivity index (χ2v) is 7.32. The Hall–Kier alpha value is -3.12. The summed E-state index contributed by atoms with van der Waals surface area (Å²) in [4.78, 5) is 18.4. The van der Waals surface area contributed by atoms with Crippen molar-refractivity contribution in [3.63, 3.8) is 0 Å². The average molecular weight is 373 g/mol. The fourth-order valence-corrected chi connectivity index (χ4v) is 4.25. The number of nitrogens with one attached hydrogen (secondary N) is 2. The number of aromatic nitrogens is 4. The van der Waals surface area contributed by atoms with Crippen molar-refractivity contribution in [2.45, 2.75) is 25.9 Å². The van der Waals surface area contributed by atoms with Crippen LogP contribution in [-0.4, -0.2) is 38.5 Å². The predicted molar refractivity (Wildman–Crippen MR) is 108 cm³/mol. The molecule has 0 fully saturated rings. The van der Waals surface area contributed by atoms with Crippen molar-refractivity contribution >= 4 is 10.9 Å². The third-order valence-electron chi connectivity index (χ3n) is 5.76. The van der Waals surface area contributed by atoms with E-state index in [0.717, 1.165) is 36.5 Å². The number of hydrogen-bond acceptors (Lipinski definition) is 4. The predicted octanol–water partition coefficient (Wildman–Crippen LogP) is 3.75. The van der Waals surface area contributed by atoms with Crippen molar-refractivity contribution in [1.29, 1.82) is 0 Å². The molecule has 0 saturated carbocycles. The van der Waals surface area contributed by atoms with Crippen LogP contribution in [0.4, 0.5) is 0 Å². The minimum Gasteiger partial charge on any atom is -0.497 e. The second-order valence-electron chi connectivity index (χ2n) is 7.32. The van der Waals surface area contributed by atoms with E-state index >= 15 is 0 Å². The van der Waals surface area contributed by atoms with E-state index in [1.165, 1.54) is 27.9 Å². The van der Waals surface area contributed by atoms with Crippen LogP contribution in [0.5, 0.6) is 5.75 Å². The number of pyridine rings is 1. The average Bonchev–Trinajstić information content (AvgIpc) is 3.33. The molecule has 142 valence electrons. The van der Waals surface area contributed by atoms with E-state index in [0.29, 0.717) is 0 Å². The van der Waals surface area contributed by atoms with Gasteiger partial charge in [-0.15, -0.1) is 0 Å². The number of aryl methyl sites for hydroxylation is 1. The second kappa shape index (κ2) is 6.80. The van der Waals surface area contributed by atoms with Crippen LogP contribution >= 0.6 is 0 Å². The normalized spacial score (nSPS) is 17.0. The van der Waals surface area contributed by atoms with Crippen molar-refractivity contribution in [3.8, 4) is 5.75 Å². The van der Waals surface area contributed by atoms with Gasteiger partial charge in [0, 0.05) is 54.2 Å². The minimum atomic E-state index is 0.101. The number of benzene rings is 1. The smallest absolute Gasteiger partial charge is 0.119 e. The number of fused-ring (bicyclic) bond motifs is 2. The molecule has 0 amide bonds.